The summed E-state index contributed by atoms with van der Waals surface area (Å²) in [4.78, 5) is 13.4. The van der Waals surface area contributed by atoms with Gasteiger partial charge in [0.05, 0.1) is 19.1 Å². The Labute approximate surface area is 91.3 Å². The number of rotatable bonds is 4. The zero-order valence-corrected chi connectivity index (χ0v) is 9.58. The molecule has 1 aliphatic heterocycles. The molecule has 0 radical (unpaired) electrons. The van der Waals surface area contributed by atoms with Crippen molar-refractivity contribution >= 4 is 5.91 Å². The molecule has 1 amide bonds. The molecule has 4 heteroatoms. The highest BCUT2D eigenvalue weighted by atomic mass is 16.5. The van der Waals surface area contributed by atoms with Gasteiger partial charge in [0.15, 0.2) is 0 Å². The molecule has 0 spiro atoms. The van der Waals surface area contributed by atoms with Crippen LogP contribution in [0.1, 0.15) is 13.3 Å². The monoisotopic (exact) mass is 212 g/mol. The van der Waals surface area contributed by atoms with Gasteiger partial charge in [0.2, 0.25) is 5.91 Å². The number of hydrogen-bond acceptors (Lipinski definition) is 3. The van der Waals surface area contributed by atoms with Crippen molar-refractivity contribution < 1.29 is 9.53 Å². The van der Waals surface area contributed by atoms with Crippen LogP contribution in [-0.4, -0.2) is 50.2 Å². The van der Waals surface area contributed by atoms with Gasteiger partial charge in [-0.05, 0) is 6.92 Å². The number of ether oxygens (including phenoxy) is 1. The highest BCUT2D eigenvalue weighted by Crippen LogP contribution is 2.05. The average molecular weight is 212 g/mol. The molecular weight excluding hydrogens is 192 g/mol. The van der Waals surface area contributed by atoms with E-state index in [1.165, 1.54) is 0 Å². The summed E-state index contributed by atoms with van der Waals surface area (Å²) in [5.41, 5.74) is 0.994. The van der Waals surface area contributed by atoms with Crippen LogP contribution in [-0.2, 0) is 9.53 Å². The number of carbonyl (C=O) groups excluding carboxylic acids is 1. The van der Waals surface area contributed by atoms with Crippen LogP contribution in [0.5, 0.6) is 0 Å². The van der Waals surface area contributed by atoms with E-state index in [0.717, 1.165) is 18.7 Å². The third kappa shape index (κ3) is 4.44. The second-order valence-electron chi connectivity index (χ2n) is 4.11. The maximum Gasteiger partial charge on any atom is 0.225 e. The Kier molecular flexibility index (Phi) is 4.78. The molecule has 1 heterocycles. The Hall–Kier alpha value is -0.870. The van der Waals surface area contributed by atoms with E-state index < -0.39 is 0 Å². The lowest BCUT2D eigenvalue weighted by atomic mass is 10.2. The lowest BCUT2D eigenvalue weighted by Gasteiger charge is -2.25. The van der Waals surface area contributed by atoms with E-state index in [1.54, 1.807) is 11.9 Å². The first kappa shape index (κ1) is 12.2. The van der Waals surface area contributed by atoms with Gasteiger partial charge in [-0.2, -0.15) is 0 Å². The first-order valence-electron chi connectivity index (χ1n) is 5.30. The molecule has 1 fully saturated rings. The summed E-state index contributed by atoms with van der Waals surface area (Å²) in [7, 11) is 1.80. The number of morpholine rings is 1. The second-order valence-corrected chi connectivity index (χ2v) is 4.11. The fourth-order valence-corrected chi connectivity index (χ4v) is 1.59. The largest absolute Gasteiger partial charge is 0.375 e. The number of amides is 1. The van der Waals surface area contributed by atoms with E-state index in [9.17, 15) is 4.79 Å². The molecular formula is C11H20N2O2. The zero-order chi connectivity index (χ0) is 11.3. The van der Waals surface area contributed by atoms with Gasteiger partial charge in [0, 0.05) is 26.7 Å². The molecule has 86 valence electrons. The number of likely N-dealkylation sites (N-methyl/N-ethyl adjacent to an activating group) is 1. The molecule has 0 bridgehead atoms. The van der Waals surface area contributed by atoms with E-state index in [4.69, 9.17) is 4.74 Å². The summed E-state index contributed by atoms with van der Waals surface area (Å²) < 4.78 is 5.47. The third-order valence-electron chi connectivity index (χ3n) is 2.34. The smallest absolute Gasteiger partial charge is 0.225 e. The summed E-state index contributed by atoms with van der Waals surface area (Å²) >= 11 is 0. The van der Waals surface area contributed by atoms with Crippen LogP contribution in [0.4, 0.5) is 0 Å². The summed E-state index contributed by atoms with van der Waals surface area (Å²) in [5, 5.41) is 3.21. The zero-order valence-electron chi connectivity index (χ0n) is 9.58. The number of hydrogen-bond donors (Lipinski definition) is 1. The Bertz CT molecular complexity index is 235. The minimum Gasteiger partial charge on any atom is -0.375 e. The van der Waals surface area contributed by atoms with Crippen molar-refractivity contribution in [3.05, 3.63) is 12.2 Å². The Morgan fingerprint density at radius 2 is 2.40 bits per heavy atom. The normalized spacial score (nSPS) is 21.1. The topological polar surface area (TPSA) is 41.6 Å². The summed E-state index contributed by atoms with van der Waals surface area (Å²) in [6.07, 6.45) is 0.482. The van der Waals surface area contributed by atoms with Crippen LogP contribution in [0, 0.1) is 0 Å². The van der Waals surface area contributed by atoms with Crippen molar-refractivity contribution in [3.63, 3.8) is 0 Å². The van der Waals surface area contributed by atoms with Crippen LogP contribution in [0.15, 0.2) is 12.2 Å². The van der Waals surface area contributed by atoms with Gasteiger partial charge in [0.1, 0.15) is 0 Å². The first-order valence-corrected chi connectivity index (χ1v) is 5.30. The van der Waals surface area contributed by atoms with Gasteiger partial charge in [-0.1, -0.05) is 12.2 Å². The van der Waals surface area contributed by atoms with Gasteiger partial charge < -0.3 is 15.0 Å². The van der Waals surface area contributed by atoms with E-state index in [2.05, 4.69) is 11.9 Å². The molecule has 15 heavy (non-hydrogen) atoms. The number of nitrogens with zero attached hydrogens (tertiary/aromatic N) is 1. The fourth-order valence-electron chi connectivity index (χ4n) is 1.59. The maximum atomic E-state index is 11.7. The lowest BCUT2D eigenvalue weighted by molar-refractivity contribution is -0.133. The van der Waals surface area contributed by atoms with Crippen LogP contribution in [0.25, 0.3) is 0 Å². The van der Waals surface area contributed by atoms with E-state index in [0.29, 0.717) is 19.6 Å². The summed E-state index contributed by atoms with van der Waals surface area (Å²) in [5.74, 6) is 0.117. The molecule has 4 nitrogen and oxygen atoms in total. The molecule has 0 aromatic heterocycles. The van der Waals surface area contributed by atoms with Crippen molar-refractivity contribution in [3.8, 4) is 0 Å². The van der Waals surface area contributed by atoms with Gasteiger partial charge in [-0.25, -0.2) is 0 Å². The van der Waals surface area contributed by atoms with Crippen LogP contribution < -0.4 is 5.32 Å². The minimum atomic E-state index is 0.0267. The van der Waals surface area contributed by atoms with Crippen molar-refractivity contribution in [1.29, 1.82) is 0 Å². The standard InChI is InChI=1S/C11H20N2O2/c1-9(2)8-13(3)11(14)6-10-7-12-4-5-15-10/h10,12H,1,4-8H2,2-3H3. The SMILES string of the molecule is C=C(C)CN(C)C(=O)CC1CNCCO1. The maximum absolute atomic E-state index is 11.7. The summed E-state index contributed by atoms with van der Waals surface area (Å²) in [6, 6.07) is 0. The van der Waals surface area contributed by atoms with Crippen molar-refractivity contribution in [2.75, 3.05) is 33.3 Å². The quantitative estimate of drug-likeness (QED) is 0.686. The van der Waals surface area contributed by atoms with Crippen LogP contribution in [0.3, 0.4) is 0 Å². The van der Waals surface area contributed by atoms with Crippen molar-refractivity contribution in [1.82, 2.24) is 10.2 Å². The molecule has 1 atom stereocenters. The highest BCUT2D eigenvalue weighted by Gasteiger charge is 2.19. The molecule has 0 aromatic carbocycles. The van der Waals surface area contributed by atoms with Gasteiger partial charge >= 0.3 is 0 Å². The van der Waals surface area contributed by atoms with E-state index in [1.807, 2.05) is 6.92 Å². The molecule has 1 rings (SSSR count). The Morgan fingerprint density at radius 1 is 1.67 bits per heavy atom. The molecule has 0 aliphatic carbocycles. The van der Waals surface area contributed by atoms with Crippen LogP contribution in [0.2, 0.25) is 0 Å². The first-order chi connectivity index (χ1) is 7.09. The van der Waals surface area contributed by atoms with Gasteiger partial charge in [-0.15, -0.1) is 0 Å². The minimum absolute atomic E-state index is 0.0267. The highest BCUT2D eigenvalue weighted by molar-refractivity contribution is 5.76. The predicted molar refractivity (Wildman–Crippen MR) is 59.7 cm³/mol. The number of carbonyl (C=O) groups is 1. The van der Waals surface area contributed by atoms with Crippen molar-refractivity contribution in [2.45, 2.75) is 19.4 Å². The van der Waals surface area contributed by atoms with Crippen LogP contribution >= 0.6 is 0 Å². The van der Waals surface area contributed by atoms with Gasteiger partial charge in [-0.3, -0.25) is 4.79 Å². The molecule has 0 saturated carbocycles. The Balaban J connectivity index is 2.30. The molecule has 1 N–H and O–H groups in total. The van der Waals surface area contributed by atoms with E-state index in [-0.39, 0.29) is 12.0 Å². The van der Waals surface area contributed by atoms with Gasteiger partial charge in [0.25, 0.3) is 0 Å². The molecule has 0 aromatic rings. The third-order valence-corrected chi connectivity index (χ3v) is 2.34. The molecule has 1 unspecified atom stereocenters. The fraction of sp³-hybridized carbons (Fsp3) is 0.727. The number of nitrogens with one attached hydrogen (secondary N) is 1. The molecule has 1 aliphatic rings. The predicted octanol–water partition coefficient (Wildman–Crippen LogP) is 0.399. The summed E-state index contributed by atoms with van der Waals surface area (Å²) in [6.45, 7) is 8.68. The Morgan fingerprint density at radius 3 is 2.93 bits per heavy atom. The molecule has 1 saturated heterocycles. The lowest BCUT2D eigenvalue weighted by Crippen LogP contribution is -2.42. The van der Waals surface area contributed by atoms with Crippen molar-refractivity contribution in [2.24, 2.45) is 0 Å². The average Bonchev–Trinajstić information content (AvgIpc) is 2.18. The second kappa shape index (κ2) is 5.88. The van der Waals surface area contributed by atoms with E-state index >= 15 is 0 Å².